The number of benzene rings is 1. The van der Waals surface area contributed by atoms with Gasteiger partial charge in [0.05, 0.1) is 6.20 Å². The molecule has 0 amide bonds. The van der Waals surface area contributed by atoms with Gasteiger partial charge in [-0.1, -0.05) is 24.3 Å². The van der Waals surface area contributed by atoms with Crippen LogP contribution in [0.2, 0.25) is 0 Å². The number of hydrogen-bond donors (Lipinski definition) is 1. The van der Waals surface area contributed by atoms with Gasteiger partial charge >= 0.3 is 0 Å². The molecule has 1 N–H and O–H groups in total. The van der Waals surface area contributed by atoms with E-state index in [1.54, 1.807) is 0 Å². The summed E-state index contributed by atoms with van der Waals surface area (Å²) in [7, 11) is 0. The Balaban J connectivity index is 2.06. The Bertz CT molecular complexity index is 530. The third-order valence-corrected chi connectivity index (χ3v) is 3.63. The number of aryl methyl sites for hydroxylation is 2. The van der Waals surface area contributed by atoms with E-state index in [1.807, 2.05) is 10.9 Å². The van der Waals surface area contributed by atoms with Gasteiger partial charge in [0.25, 0.3) is 0 Å². The molecule has 0 aliphatic heterocycles. The van der Waals surface area contributed by atoms with Crippen LogP contribution in [0.4, 0.5) is 0 Å². The molecule has 0 bridgehead atoms. The van der Waals surface area contributed by atoms with Crippen LogP contribution in [0, 0.1) is 6.92 Å². The predicted octanol–water partition coefficient (Wildman–Crippen LogP) is 3.62. The number of aromatic nitrogens is 2. The molecule has 1 heterocycles. The molecule has 19 heavy (non-hydrogen) atoms. The molecule has 3 heteroatoms. The van der Waals surface area contributed by atoms with Gasteiger partial charge < -0.3 is 5.32 Å². The first kappa shape index (κ1) is 13.8. The molecule has 0 saturated heterocycles. The van der Waals surface area contributed by atoms with E-state index >= 15 is 0 Å². The Morgan fingerprint density at radius 1 is 1.21 bits per heavy atom. The van der Waals surface area contributed by atoms with E-state index in [0.29, 0.717) is 12.1 Å². The van der Waals surface area contributed by atoms with E-state index in [1.165, 1.54) is 16.7 Å². The lowest BCUT2D eigenvalue weighted by Gasteiger charge is -2.21. The van der Waals surface area contributed by atoms with Crippen molar-refractivity contribution in [2.75, 3.05) is 0 Å². The zero-order chi connectivity index (χ0) is 13.8. The van der Waals surface area contributed by atoms with E-state index in [2.05, 4.69) is 68.6 Å². The van der Waals surface area contributed by atoms with Crippen LogP contribution >= 0.6 is 0 Å². The summed E-state index contributed by atoms with van der Waals surface area (Å²) in [5.41, 5.74) is 3.93. The molecule has 0 fully saturated rings. The van der Waals surface area contributed by atoms with Crippen LogP contribution in [0.1, 0.15) is 49.5 Å². The molecule has 1 unspecified atom stereocenters. The van der Waals surface area contributed by atoms with E-state index in [0.717, 1.165) is 6.54 Å². The fourth-order valence-electron chi connectivity index (χ4n) is 2.41. The second kappa shape index (κ2) is 6.02. The van der Waals surface area contributed by atoms with E-state index < -0.39 is 0 Å². The van der Waals surface area contributed by atoms with Crippen molar-refractivity contribution in [3.05, 3.63) is 53.3 Å². The SMILES string of the molecule is CCn1cc(C(C)N[C@@H](C)c2ccccc2C)cn1. The van der Waals surface area contributed by atoms with Gasteiger partial charge in [-0.05, 0) is 38.8 Å². The third-order valence-electron chi connectivity index (χ3n) is 3.63. The van der Waals surface area contributed by atoms with Crippen molar-refractivity contribution in [3.8, 4) is 0 Å². The molecule has 1 aromatic heterocycles. The number of rotatable bonds is 5. The quantitative estimate of drug-likeness (QED) is 0.886. The van der Waals surface area contributed by atoms with Gasteiger partial charge in [0, 0.05) is 30.4 Å². The predicted molar refractivity (Wildman–Crippen MR) is 79.0 cm³/mol. The number of nitrogens with zero attached hydrogens (tertiary/aromatic N) is 2. The lowest BCUT2D eigenvalue weighted by atomic mass is 10.0. The largest absolute Gasteiger partial charge is 0.304 e. The van der Waals surface area contributed by atoms with Gasteiger partial charge in [0.2, 0.25) is 0 Å². The fourth-order valence-corrected chi connectivity index (χ4v) is 2.41. The first-order valence-corrected chi connectivity index (χ1v) is 6.95. The van der Waals surface area contributed by atoms with Gasteiger partial charge in [0.1, 0.15) is 0 Å². The van der Waals surface area contributed by atoms with E-state index in [4.69, 9.17) is 0 Å². The number of hydrogen-bond acceptors (Lipinski definition) is 2. The van der Waals surface area contributed by atoms with Gasteiger partial charge in [-0.15, -0.1) is 0 Å². The fraction of sp³-hybridized carbons (Fsp3) is 0.438. The summed E-state index contributed by atoms with van der Waals surface area (Å²) in [5.74, 6) is 0. The van der Waals surface area contributed by atoms with Gasteiger partial charge in [-0.25, -0.2) is 0 Å². The summed E-state index contributed by atoms with van der Waals surface area (Å²) >= 11 is 0. The zero-order valence-corrected chi connectivity index (χ0v) is 12.2. The van der Waals surface area contributed by atoms with Gasteiger partial charge in [-0.3, -0.25) is 4.68 Å². The standard InChI is InChI=1S/C16H23N3/c1-5-19-11-15(10-17-19)13(3)18-14(4)16-9-7-6-8-12(16)2/h6-11,13-14,18H,5H2,1-4H3/t13?,14-/m0/s1. The van der Waals surface area contributed by atoms with E-state index in [-0.39, 0.29) is 0 Å². The van der Waals surface area contributed by atoms with Gasteiger partial charge in [-0.2, -0.15) is 5.10 Å². The molecule has 102 valence electrons. The highest BCUT2D eigenvalue weighted by molar-refractivity contribution is 5.28. The molecule has 2 rings (SSSR count). The maximum atomic E-state index is 4.33. The van der Waals surface area contributed by atoms with Crippen LogP contribution in [0.5, 0.6) is 0 Å². The zero-order valence-electron chi connectivity index (χ0n) is 12.2. The topological polar surface area (TPSA) is 29.9 Å². The van der Waals surface area contributed by atoms with Crippen molar-refractivity contribution in [2.45, 2.75) is 46.3 Å². The van der Waals surface area contributed by atoms with Crippen molar-refractivity contribution in [2.24, 2.45) is 0 Å². The first-order chi connectivity index (χ1) is 9.11. The lowest BCUT2D eigenvalue weighted by molar-refractivity contribution is 0.492. The van der Waals surface area contributed by atoms with Crippen LogP contribution < -0.4 is 5.32 Å². The molecule has 0 aliphatic carbocycles. The van der Waals surface area contributed by atoms with Gasteiger partial charge in [0.15, 0.2) is 0 Å². The van der Waals surface area contributed by atoms with Crippen molar-refractivity contribution < 1.29 is 0 Å². The van der Waals surface area contributed by atoms with Crippen molar-refractivity contribution >= 4 is 0 Å². The maximum absolute atomic E-state index is 4.33. The highest BCUT2D eigenvalue weighted by atomic mass is 15.3. The minimum atomic E-state index is 0.301. The maximum Gasteiger partial charge on any atom is 0.0537 e. The summed E-state index contributed by atoms with van der Waals surface area (Å²) in [6.45, 7) is 9.58. The third kappa shape index (κ3) is 3.24. The second-order valence-electron chi connectivity index (χ2n) is 5.10. The van der Waals surface area contributed by atoms with Crippen LogP contribution in [-0.2, 0) is 6.54 Å². The molecule has 2 aromatic rings. The minimum absolute atomic E-state index is 0.301. The number of nitrogens with one attached hydrogen (secondary N) is 1. The Morgan fingerprint density at radius 3 is 2.58 bits per heavy atom. The molecule has 1 aromatic carbocycles. The molecular formula is C16H23N3. The molecule has 2 atom stereocenters. The molecule has 3 nitrogen and oxygen atoms in total. The Kier molecular flexibility index (Phi) is 4.38. The smallest absolute Gasteiger partial charge is 0.0537 e. The second-order valence-corrected chi connectivity index (χ2v) is 5.10. The van der Waals surface area contributed by atoms with Crippen molar-refractivity contribution in [1.82, 2.24) is 15.1 Å². The molecule has 0 aliphatic rings. The van der Waals surface area contributed by atoms with Crippen LogP contribution in [0.25, 0.3) is 0 Å². The molecular weight excluding hydrogens is 234 g/mol. The monoisotopic (exact) mass is 257 g/mol. The Hall–Kier alpha value is -1.61. The van der Waals surface area contributed by atoms with Crippen LogP contribution in [0.3, 0.4) is 0 Å². The highest BCUT2D eigenvalue weighted by Gasteiger charge is 2.13. The Morgan fingerprint density at radius 2 is 1.95 bits per heavy atom. The summed E-state index contributed by atoms with van der Waals surface area (Å²) in [6, 6.07) is 9.17. The summed E-state index contributed by atoms with van der Waals surface area (Å²) < 4.78 is 1.96. The summed E-state index contributed by atoms with van der Waals surface area (Å²) in [4.78, 5) is 0. The van der Waals surface area contributed by atoms with Crippen molar-refractivity contribution in [1.29, 1.82) is 0 Å². The normalized spacial score (nSPS) is 14.3. The van der Waals surface area contributed by atoms with E-state index in [9.17, 15) is 0 Å². The summed E-state index contributed by atoms with van der Waals surface area (Å²) in [5, 5.41) is 7.97. The highest BCUT2D eigenvalue weighted by Crippen LogP contribution is 2.21. The average Bonchev–Trinajstić information content (AvgIpc) is 2.88. The molecule has 0 radical (unpaired) electrons. The Labute approximate surface area is 115 Å². The van der Waals surface area contributed by atoms with Crippen LogP contribution in [-0.4, -0.2) is 9.78 Å². The lowest BCUT2D eigenvalue weighted by Crippen LogP contribution is -2.22. The van der Waals surface area contributed by atoms with Crippen LogP contribution in [0.15, 0.2) is 36.7 Å². The molecule has 0 spiro atoms. The first-order valence-electron chi connectivity index (χ1n) is 6.95. The molecule has 0 saturated carbocycles. The average molecular weight is 257 g/mol. The summed E-state index contributed by atoms with van der Waals surface area (Å²) in [6.07, 6.45) is 4.06. The van der Waals surface area contributed by atoms with Crippen molar-refractivity contribution in [3.63, 3.8) is 0 Å². The minimum Gasteiger partial charge on any atom is -0.304 e.